The Labute approximate surface area is 124 Å². The molecule has 0 aliphatic rings. The summed E-state index contributed by atoms with van der Waals surface area (Å²) in [6.07, 6.45) is 0.958. The van der Waals surface area contributed by atoms with Crippen LogP contribution in [-0.2, 0) is 11.2 Å². The van der Waals surface area contributed by atoms with Crippen LogP contribution >= 0.6 is 0 Å². The fourth-order valence-electron chi connectivity index (χ4n) is 2.26. The van der Waals surface area contributed by atoms with Crippen LogP contribution in [0.1, 0.15) is 29.7 Å². The molecule has 2 aromatic rings. The van der Waals surface area contributed by atoms with Crippen molar-refractivity contribution in [1.82, 2.24) is 5.32 Å². The summed E-state index contributed by atoms with van der Waals surface area (Å²) in [4.78, 5) is 11.0. The number of hydrogen-bond acceptors (Lipinski definition) is 2. The predicted octanol–water partition coefficient (Wildman–Crippen LogP) is 2.55. The molecule has 0 aromatic heterocycles. The predicted molar refractivity (Wildman–Crippen MR) is 81.3 cm³/mol. The number of nitrogens with one attached hydrogen (secondary N) is 1. The number of halogens is 1. The molecule has 1 atom stereocenters. The molecule has 0 aliphatic heterocycles. The average molecular weight is 286 g/mol. The minimum Gasteiger partial charge on any atom is -0.369 e. The normalized spacial score (nSPS) is 12.1. The smallest absolute Gasteiger partial charge is 0.231 e. The van der Waals surface area contributed by atoms with Crippen LogP contribution in [0.15, 0.2) is 48.5 Å². The van der Waals surface area contributed by atoms with Crippen molar-refractivity contribution in [3.05, 3.63) is 71.0 Å². The lowest BCUT2D eigenvalue weighted by atomic mass is 9.97. The number of carbonyl (C=O) groups excluding carboxylic acids is 1. The molecule has 0 saturated carbocycles. The zero-order valence-corrected chi connectivity index (χ0v) is 12.0. The topological polar surface area (TPSA) is 55.1 Å². The molecule has 0 aliphatic carbocycles. The van der Waals surface area contributed by atoms with E-state index in [1.54, 1.807) is 6.07 Å². The van der Waals surface area contributed by atoms with E-state index in [0.717, 1.165) is 17.5 Å². The van der Waals surface area contributed by atoms with Crippen LogP contribution in [0.4, 0.5) is 4.39 Å². The second kappa shape index (κ2) is 6.99. The highest BCUT2D eigenvalue weighted by Crippen LogP contribution is 2.23. The minimum absolute atomic E-state index is 0.0384. The number of hydrogen-bond donors (Lipinski definition) is 2. The van der Waals surface area contributed by atoms with Crippen molar-refractivity contribution in [2.45, 2.75) is 19.4 Å². The van der Waals surface area contributed by atoms with Gasteiger partial charge in [0, 0.05) is 0 Å². The molecule has 2 rings (SSSR count). The lowest BCUT2D eigenvalue weighted by molar-refractivity contribution is -0.117. The Morgan fingerprint density at radius 3 is 2.48 bits per heavy atom. The maximum atomic E-state index is 13.4. The van der Waals surface area contributed by atoms with Gasteiger partial charge in [-0.15, -0.1) is 0 Å². The monoisotopic (exact) mass is 286 g/mol. The number of aryl methyl sites for hydroxylation is 1. The molecule has 0 bridgehead atoms. The van der Waals surface area contributed by atoms with Crippen molar-refractivity contribution >= 4 is 5.91 Å². The van der Waals surface area contributed by atoms with Gasteiger partial charge in [-0.25, -0.2) is 4.39 Å². The highest BCUT2D eigenvalue weighted by atomic mass is 19.1. The number of amides is 1. The maximum Gasteiger partial charge on any atom is 0.231 e. The van der Waals surface area contributed by atoms with Gasteiger partial charge in [0.15, 0.2) is 0 Å². The Bertz CT molecular complexity index is 610. The number of primary amides is 1. The van der Waals surface area contributed by atoms with Crippen LogP contribution in [0.3, 0.4) is 0 Å². The third kappa shape index (κ3) is 4.13. The largest absolute Gasteiger partial charge is 0.369 e. The number of rotatable bonds is 6. The lowest BCUT2D eigenvalue weighted by Gasteiger charge is -2.19. The zero-order chi connectivity index (χ0) is 15.2. The SMILES string of the molecule is CCc1ccc([C@H](NCC(N)=O)c2cccc(F)c2)cc1. The van der Waals surface area contributed by atoms with E-state index in [-0.39, 0.29) is 18.4 Å². The molecule has 0 unspecified atom stereocenters. The van der Waals surface area contributed by atoms with Crippen molar-refractivity contribution in [1.29, 1.82) is 0 Å². The summed E-state index contributed by atoms with van der Waals surface area (Å²) in [6.45, 7) is 2.13. The fraction of sp³-hybridized carbons (Fsp3) is 0.235. The van der Waals surface area contributed by atoms with Crippen molar-refractivity contribution in [3.8, 4) is 0 Å². The van der Waals surface area contributed by atoms with Crippen LogP contribution in [0.25, 0.3) is 0 Å². The van der Waals surface area contributed by atoms with Crippen LogP contribution in [0, 0.1) is 5.82 Å². The molecule has 110 valence electrons. The Morgan fingerprint density at radius 2 is 1.90 bits per heavy atom. The molecule has 0 heterocycles. The summed E-state index contributed by atoms with van der Waals surface area (Å²) < 4.78 is 13.4. The van der Waals surface area contributed by atoms with Gasteiger partial charge >= 0.3 is 0 Å². The van der Waals surface area contributed by atoms with Crippen molar-refractivity contribution in [3.63, 3.8) is 0 Å². The van der Waals surface area contributed by atoms with Gasteiger partial charge in [-0.2, -0.15) is 0 Å². The first-order valence-electron chi connectivity index (χ1n) is 6.96. The van der Waals surface area contributed by atoms with Gasteiger partial charge in [-0.05, 0) is 35.2 Å². The number of benzene rings is 2. The first-order valence-corrected chi connectivity index (χ1v) is 6.96. The molecular formula is C17H19FN2O. The lowest BCUT2D eigenvalue weighted by Crippen LogP contribution is -2.32. The van der Waals surface area contributed by atoms with E-state index in [1.807, 2.05) is 30.3 Å². The summed E-state index contributed by atoms with van der Waals surface area (Å²) in [5.74, 6) is -0.745. The Morgan fingerprint density at radius 1 is 1.19 bits per heavy atom. The molecule has 21 heavy (non-hydrogen) atoms. The standard InChI is InChI=1S/C17H19FN2O/c1-2-12-6-8-13(9-7-12)17(20-11-16(19)21)14-4-3-5-15(18)10-14/h3-10,17,20H,2,11H2,1H3,(H2,19,21)/t17-/m0/s1. The molecule has 0 spiro atoms. The van der Waals surface area contributed by atoms with E-state index in [0.29, 0.717) is 0 Å². The molecule has 1 amide bonds. The summed E-state index contributed by atoms with van der Waals surface area (Å²) in [6, 6.07) is 14.1. The molecule has 2 aromatic carbocycles. The van der Waals surface area contributed by atoms with E-state index in [9.17, 15) is 9.18 Å². The van der Waals surface area contributed by atoms with Crippen LogP contribution in [0.5, 0.6) is 0 Å². The van der Waals surface area contributed by atoms with Crippen LogP contribution in [0.2, 0.25) is 0 Å². The Hall–Kier alpha value is -2.20. The number of carbonyl (C=O) groups is 1. The highest BCUT2D eigenvalue weighted by molar-refractivity contribution is 5.76. The van der Waals surface area contributed by atoms with E-state index >= 15 is 0 Å². The summed E-state index contributed by atoms with van der Waals surface area (Å²) in [5, 5.41) is 3.08. The van der Waals surface area contributed by atoms with Gasteiger partial charge in [0.25, 0.3) is 0 Å². The van der Waals surface area contributed by atoms with Crippen molar-refractivity contribution in [2.24, 2.45) is 5.73 Å². The summed E-state index contributed by atoms with van der Waals surface area (Å²) >= 11 is 0. The first-order chi connectivity index (χ1) is 10.1. The highest BCUT2D eigenvalue weighted by Gasteiger charge is 2.15. The second-order valence-corrected chi connectivity index (χ2v) is 4.93. The minimum atomic E-state index is -0.443. The summed E-state index contributed by atoms with van der Waals surface area (Å²) in [7, 11) is 0. The van der Waals surface area contributed by atoms with E-state index < -0.39 is 5.91 Å². The van der Waals surface area contributed by atoms with E-state index in [1.165, 1.54) is 17.7 Å². The fourth-order valence-corrected chi connectivity index (χ4v) is 2.26. The molecule has 0 fully saturated rings. The molecular weight excluding hydrogens is 267 g/mol. The Kier molecular flexibility index (Phi) is 5.06. The number of nitrogens with two attached hydrogens (primary N) is 1. The van der Waals surface area contributed by atoms with Gasteiger partial charge in [0.1, 0.15) is 5.82 Å². The van der Waals surface area contributed by atoms with Crippen molar-refractivity contribution < 1.29 is 9.18 Å². The average Bonchev–Trinajstić information content (AvgIpc) is 2.48. The molecule has 3 nitrogen and oxygen atoms in total. The van der Waals surface area contributed by atoms with Gasteiger partial charge in [-0.1, -0.05) is 43.3 Å². The third-order valence-corrected chi connectivity index (χ3v) is 3.38. The molecule has 0 saturated heterocycles. The van der Waals surface area contributed by atoms with Gasteiger partial charge < -0.3 is 5.73 Å². The van der Waals surface area contributed by atoms with Gasteiger partial charge in [0.2, 0.25) is 5.91 Å². The van der Waals surface area contributed by atoms with Crippen LogP contribution in [-0.4, -0.2) is 12.5 Å². The Balaban J connectivity index is 2.32. The third-order valence-electron chi connectivity index (χ3n) is 3.38. The quantitative estimate of drug-likeness (QED) is 0.857. The molecule has 0 radical (unpaired) electrons. The first kappa shape index (κ1) is 15.2. The second-order valence-electron chi connectivity index (χ2n) is 4.93. The van der Waals surface area contributed by atoms with E-state index in [2.05, 4.69) is 12.2 Å². The molecule has 4 heteroatoms. The van der Waals surface area contributed by atoms with E-state index in [4.69, 9.17) is 5.73 Å². The van der Waals surface area contributed by atoms with Crippen LogP contribution < -0.4 is 11.1 Å². The maximum absolute atomic E-state index is 13.4. The zero-order valence-electron chi connectivity index (χ0n) is 12.0. The van der Waals surface area contributed by atoms with Gasteiger partial charge in [-0.3, -0.25) is 10.1 Å². The summed E-state index contributed by atoms with van der Waals surface area (Å²) in [5.41, 5.74) is 8.16. The van der Waals surface area contributed by atoms with Crippen molar-refractivity contribution in [2.75, 3.05) is 6.54 Å². The molecule has 3 N–H and O–H groups in total. The van der Waals surface area contributed by atoms with Gasteiger partial charge in [0.05, 0.1) is 12.6 Å².